The molecule has 1 nitrogen and oxygen atoms in total. The van der Waals surface area contributed by atoms with Gasteiger partial charge in [0.2, 0.25) is 0 Å². The predicted octanol–water partition coefficient (Wildman–Crippen LogP) is 3.87. The second kappa shape index (κ2) is 3.49. The van der Waals surface area contributed by atoms with Crippen molar-refractivity contribution in [2.45, 2.75) is 25.7 Å². The lowest BCUT2D eigenvalue weighted by Crippen LogP contribution is -2.25. The van der Waals surface area contributed by atoms with E-state index < -0.39 is 0 Å². The number of benzene rings is 1. The molecular formula is C16H19N. The van der Waals surface area contributed by atoms with Gasteiger partial charge in [0.15, 0.2) is 0 Å². The highest BCUT2D eigenvalue weighted by molar-refractivity contribution is 5.72. The zero-order valence-electron chi connectivity index (χ0n) is 10.6. The van der Waals surface area contributed by atoms with Gasteiger partial charge in [-0.2, -0.15) is 0 Å². The highest BCUT2D eigenvalue weighted by Crippen LogP contribution is 2.64. The van der Waals surface area contributed by atoms with Crippen LogP contribution in [-0.4, -0.2) is 6.54 Å². The highest BCUT2D eigenvalue weighted by atomic mass is 15.1. The van der Waals surface area contributed by atoms with Crippen LogP contribution in [0.2, 0.25) is 0 Å². The summed E-state index contributed by atoms with van der Waals surface area (Å²) in [6.07, 6.45) is 5.78. The highest BCUT2D eigenvalue weighted by Gasteiger charge is 2.58. The molecule has 1 aromatic carbocycles. The molecule has 1 heteroatoms. The maximum atomic E-state index is 4.28. The summed E-state index contributed by atoms with van der Waals surface area (Å²) in [5.41, 5.74) is 4.34. The maximum absolute atomic E-state index is 4.28. The molecule has 0 radical (unpaired) electrons. The Balaban J connectivity index is 2.15. The largest absolute Gasteiger partial charge is 0.348 e. The number of nitrogens with zero attached hydrogens (tertiary/aromatic N) is 1. The number of hydrogen-bond donors (Lipinski definition) is 0. The number of allylic oxidation sites excluding steroid dienone is 2. The number of para-hydroxylation sites is 1. The molecule has 2 aliphatic rings. The van der Waals surface area contributed by atoms with Crippen LogP contribution in [0.5, 0.6) is 0 Å². The third kappa shape index (κ3) is 1.20. The van der Waals surface area contributed by atoms with Gasteiger partial charge in [-0.15, -0.1) is 0 Å². The Labute approximate surface area is 103 Å². The summed E-state index contributed by atoms with van der Waals surface area (Å²) in [6, 6.07) is 8.76. The monoisotopic (exact) mass is 225 g/mol. The van der Waals surface area contributed by atoms with Crippen LogP contribution in [0.3, 0.4) is 0 Å². The Bertz CT molecular complexity index is 500. The fourth-order valence-electron chi connectivity index (χ4n) is 3.36. The van der Waals surface area contributed by atoms with Crippen LogP contribution in [-0.2, 0) is 5.41 Å². The standard InChI is InChI=1S/C16H19N/c1-4-13-12(3)16(13)10-11-17(5-2)15-9-7-6-8-14(15)16/h6-11,13H,3-5H2,1-2H3. The van der Waals surface area contributed by atoms with Crippen molar-refractivity contribution in [3.63, 3.8) is 0 Å². The van der Waals surface area contributed by atoms with Crippen molar-refractivity contribution in [2.24, 2.45) is 5.92 Å². The molecule has 1 aliphatic heterocycles. The van der Waals surface area contributed by atoms with E-state index in [1.54, 1.807) is 0 Å². The molecule has 2 atom stereocenters. The second-order valence-corrected chi connectivity index (χ2v) is 4.97. The van der Waals surface area contributed by atoms with Crippen LogP contribution < -0.4 is 4.90 Å². The van der Waals surface area contributed by atoms with Gasteiger partial charge in [-0.1, -0.05) is 43.4 Å². The molecular weight excluding hydrogens is 206 g/mol. The topological polar surface area (TPSA) is 3.24 Å². The lowest BCUT2D eigenvalue weighted by atomic mass is 9.88. The lowest BCUT2D eigenvalue weighted by Gasteiger charge is -2.30. The minimum absolute atomic E-state index is 0.150. The first-order valence-electron chi connectivity index (χ1n) is 6.50. The minimum atomic E-state index is 0.150. The summed E-state index contributed by atoms with van der Waals surface area (Å²) in [6.45, 7) is 9.75. The fraction of sp³-hybridized carbons (Fsp3) is 0.375. The van der Waals surface area contributed by atoms with Gasteiger partial charge in [0.05, 0.1) is 0 Å². The van der Waals surface area contributed by atoms with E-state index in [-0.39, 0.29) is 5.41 Å². The van der Waals surface area contributed by atoms with Gasteiger partial charge in [0, 0.05) is 23.8 Å². The van der Waals surface area contributed by atoms with Crippen molar-refractivity contribution in [3.8, 4) is 0 Å². The van der Waals surface area contributed by atoms with Gasteiger partial charge in [-0.25, -0.2) is 0 Å². The van der Waals surface area contributed by atoms with E-state index in [1.165, 1.54) is 23.2 Å². The van der Waals surface area contributed by atoms with Crippen molar-refractivity contribution in [2.75, 3.05) is 11.4 Å². The Morgan fingerprint density at radius 2 is 2.06 bits per heavy atom. The van der Waals surface area contributed by atoms with Crippen molar-refractivity contribution >= 4 is 5.69 Å². The molecule has 1 heterocycles. The van der Waals surface area contributed by atoms with Crippen molar-refractivity contribution in [1.29, 1.82) is 0 Å². The third-order valence-corrected chi connectivity index (χ3v) is 4.34. The van der Waals surface area contributed by atoms with Gasteiger partial charge >= 0.3 is 0 Å². The van der Waals surface area contributed by atoms with Crippen LogP contribution in [0.1, 0.15) is 25.8 Å². The Hall–Kier alpha value is -1.50. The van der Waals surface area contributed by atoms with E-state index in [0.29, 0.717) is 5.92 Å². The summed E-state index contributed by atoms with van der Waals surface area (Å²) >= 11 is 0. The molecule has 0 saturated heterocycles. The quantitative estimate of drug-likeness (QED) is 0.690. The number of anilines is 1. The average molecular weight is 225 g/mol. The zero-order chi connectivity index (χ0) is 12.0. The van der Waals surface area contributed by atoms with Crippen LogP contribution in [0.4, 0.5) is 5.69 Å². The van der Waals surface area contributed by atoms with Gasteiger partial charge in [0.25, 0.3) is 0 Å². The summed E-state index contributed by atoms with van der Waals surface area (Å²) < 4.78 is 0. The predicted molar refractivity (Wildman–Crippen MR) is 73.2 cm³/mol. The van der Waals surface area contributed by atoms with Crippen molar-refractivity contribution in [1.82, 2.24) is 0 Å². The fourth-order valence-corrected chi connectivity index (χ4v) is 3.36. The van der Waals surface area contributed by atoms with Crippen molar-refractivity contribution < 1.29 is 0 Å². The minimum Gasteiger partial charge on any atom is -0.348 e. The first-order chi connectivity index (χ1) is 8.25. The number of rotatable bonds is 2. The SMILES string of the molecule is C=C1C(CC)C12C=CN(CC)c1ccccc12. The summed E-state index contributed by atoms with van der Waals surface area (Å²) in [5, 5.41) is 0. The van der Waals surface area contributed by atoms with Gasteiger partial charge < -0.3 is 4.90 Å². The number of fused-ring (bicyclic) bond motifs is 2. The molecule has 1 aromatic rings. The van der Waals surface area contributed by atoms with E-state index in [0.717, 1.165) is 6.54 Å². The van der Waals surface area contributed by atoms with E-state index in [1.807, 2.05) is 0 Å². The van der Waals surface area contributed by atoms with E-state index in [4.69, 9.17) is 0 Å². The molecule has 1 saturated carbocycles. The van der Waals surface area contributed by atoms with Crippen LogP contribution in [0.25, 0.3) is 0 Å². The van der Waals surface area contributed by atoms with E-state index >= 15 is 0 Å². The zero-order valence-corrected chi connectivity index (χ0v) is 10.6. The average Bonchev–Trinajstić information content (AvgIpc) is 2.95. The van der Waals surface area contributed by atoms with Crippen LogP contribution >= 0.6 is 0 Å². The second-order valence-electron chi connectivity index (χ2n) is 4.97. The Morgan fingerprint density at radius 1 is 1.29 bits per heavy atom. The molecule has 2 unspecified atom stereocenters. The Kier molecular flexibility index (Phi) is 2.19. The van der Waals surface area contributed by atoms with Crippen molar-refractivity contribution in [3.05, 3.63) is 54.3 Å². The summed E-state index contributed by atoms with van der Waals surface area (Å²) in [7, 11) is 0. The third-order valence-electron chi connectivity index (χ3n) is 4.34. The molecule has 1 spiro atoms. The summed E-state index contributed by atoms with van der Waals surface area (Å²) in [5.74, 6) is 0.638. The lowest BCUT2D eigenvalue weighted by molar-refractivity contribution is 0.681. The normalized spacial score (nSPS) is 29.6. The molecule has 0 bridgehead atoms. The molecule has 0 N–H and O–H groups in total. The summed E-state index contributed by atoms with van der Waals surface area (Å²) in [4.78, 5) is 2.32. The van der Waals surface area contributed by atoms with E-state index in [9.17, 15) is 0 Å². The van der Waals surface area contributed by atoms with Gasteiger partial charge in [-0.05, 0) is 30.9 Å². The molecule has 1 aliphatic carbocycles. The Morgan fingerprint density at radius 3 is 2.71 bits per heavy atom. The molecule has 3 rings (SSSR count). The van der Waals surface area contributed by atoms with E-state index in [2.05, 4.69) is 61.9 Å². The maximum Gasteiger partial charge on any atom is 0.0450 e. The smallest absolute Gasteiger partial charge is 0.0450 e. The molecule has 17 heavy (non-hydrogen) atoms. The van der Waals surface area contributed by atoms with Gasteiger partial charge in [-0.3, -0.25) is 0 Å². The van der Waals surface area contributed by atoms with Gasteiger partial charge in [0.1, 0.15) is 0 Å². The number of hydrogen-bond acceptors (Lipinski definition) is 1. The molecule has 1 fully saturated rings. The molecule has 0 amide bonds. The van der Waals surface area contributed by atoms with Crippen LogP contribution in [0, 0.1) is 5.92 Å². The molecule has 0 aromatic heterocycles. The first kappa shape index (κ1) is 10.6. The first-order valence-corrected chi connectivity index (χ1v) is 6.50. The van der Waals surface area contributed by atoms with Crippen LogP contribution in [0.15, 0.2) is 48.7 Å². The molecule has 88 valence electrons.